The molecule has 146 valence electrons. The Labute approximate surface area is 157 Å². The Morgan fingerprint density at radius 3 is 2.62 bits per heavy atom. The molecule has 0 atom stereocenters. The highest BCUT2D eigenvalue weighted by atomic mass is 32.2. The van der Waals surface area contributed by atoms with Crippen LogP contribution in [-0.4, -0.2) is 46.9 Å². The summed E-state index contributed by atoms with van der Waals surface area (Å²) in [6.45, 7) is 3.99. The summed E-state index contributed by atoms with van der Waals surface area (Å²) in [6.07, 6.45) is 7.64. The molecule has 1 aromatic carbocycles. The minimum absolute atomic E-state index is 0.381. The third kappa shape index (κ3) is 6.61. The van der Waals surface area contributed by atoms with E-state index in [1.54, 1.807) is 13.1 Å². The van der Waals surface area contributed by atoms with Crippen LogP contribution < -0.4 is 10.6 Å². The Morgan fingerprint density at radius 1 is 1.27 bits per heavy atom. The fourth-order valence-corrected chi connectivity index (χ4v) is 4.19. The van der Waals surface area contributed by atoms with Crippen LogP contribution in [0.25, 0.3) is 0 Å². The summed E-state index contributed by atoms with van der Waals surface area (Å²) in [6, 6.07) is 5.39. The molecule has 2 rings (SSSR count). The average Bonchev–Trinajstić information content (AvgIpc) is 3.09. The van der Waals surface area contributed by atoms with Gasteiger partial charge in [-0.2, -0.15) is 0 Å². The summed E-state index contributed by atoms with van der Waals surface area (Å²) in [5.41, 5.74) is 1.78. The Kier molecular flexibility index (Phi) is 7.90. The molecule has 1 saturated carbocycles. The van der Waals surface area contributed by atoms with Gasteiger partial charge in [-0.25, -0.2) is 8.42 Å². The van der Waals surface area contributed by atoms with E-state index in [9.17, 15) is 8.42 Å². The van der Waals surface area contributed by atoms with Crippen molar-refractivity contribution >= 4 is 15.8 Å². The molecule has 2 N–H and O–H groups in total. The quantitative estimate of drug-likeness (QED) is 0.411. The first-order chi connectivity index (χ1) is 12.4. The number of guanidine groups is 1. The van der Waals surface area contributed by atoms with E-state index in [1.807, 2.05) is 19.1 Å². The summed E-state index contributed by atoms with van der Waals surface area (Å²) in [7, 11) is -1.44. The van der Waals surface area contributed by atoms with Crippen LogP contribution in [0.3, 0.4) is 0 Å². The third-order valence-electron chi connectivity index (χ3n) is 4.59. The van der Waals surface area contributed by atoms with Crippen molar-refractivity contribution in [1.82, 2.24) is 10.6 Å². The molecule has 0 amide bonds. The first-order valence-corrected chi connectivity index (χ1v) is 11.1. The first-order valence-electron chi connectivity index (χ1n) is 9.26. The van der Waals surface area contributed by atoms with Crippen LogP contribution in [-0.2, 0) is 21.1 Å². The SMILES string of the molecule is CN=C(NCCCOC1CCCC1)NCc1ccc(S(C)(=O)=O)c(C)c1. The maximum Gasteiger partial charge on any atom is 0.191 e. The lowest BCUT2D eigenvalue weighted by Crippen LogP contribution is -2.37. The molecule has 1 fully saturated rings. The molecular weight excluding hydrogens is 350 g/mol. The van der Waals surface area contributed by atoms with Crippen molar-refractivity contribution in [1.29, 1.82) is 0 Å². The van der Waals surface area contributed by atoms with Gasteiger partial charge in [0.1, 0.15) is 0 Å². The summed E-state index contributed by atoms with van der Waals surface area (Å²) < 4.78 is 29.2. The maximum atomic E-state index is 11.7. The lowest BCUT2D eigenvalue weighted by atomic mass is 10.1. The fraction of sp³-hybridized carbons (Fsp3) is 0.632. The van der Waals surface area contributed by atoms with Crippen LogP contribution in [0.1, 0.15) is 43.2 Å². The Bertz CT molecular complexity index is 711. The first kappa shape index (κ1) is 20.7. The van der Waals surface area contributed by atoms with Crippen LogP contribution in [0.5, 0.6) is 0 Å². The maximum absolute atomic E-state index is 11.7. The van der Waals surface area contributed by atoms with E-state index >= 15 is 0 Å². The molecule has 0 radical (unpaired) electrons. The summed E-state index contributed by atoms with van der Waals surface area (Å²) in [4.78, 5) is 4.60. The molecule has 0 aromatic heterocycles. The second kappa shape index (κ2) is 9.92. The van der Waals surface area contributed by atoms with E-state index in [-0.39, 0.29) is 0 Å². The molecule has 1 aliphatic rings. The number of hydrogen-bond acceptors (Lipinski definition) is 4. The number of rotatable bonds is 8. The summed E-state index contributed by atoms with van der Waals surface area (Å²) in [5.74, 6) is 0.732. The highest BCUT2D eigenvalue weighted by Crippen LogP contribution is 2.20. The van der Waals surface area contributed by atoms with Gasteiger partial charge in [0.05, 0.1) is 11.0 Å². The normalized spacial score (nSPS) is 16.0. The topological polar surface area (TPSA) is 79.8 Å². The number of nitrogens with zero attached hydrogens (tertiary/aromatic N) is 1. The number of hydrogen-bond donors (Lipinski definition) is 2. The van der Waals surface area contributed by atoms with Crippen LogP contribution in [0.4, 0.5) is 0 Å². The van der Waals surface area contributed by atoms with Crippen molar-refractivity contribution in [2.24, 2.45) is 4.99 Å². The number of ether oxygens (including phenoxy) is 1. The Balaban J connectivity index is 1.72. The smallest absolute Gasteiger partial charge is 0.191 e. The predicted octanol–water partition coefficient (Wildman–Crippen LogP) is 2.41. The van der Waals surface area contributed by atoms with Crippen LogP contribution >= 0.6 is 0 Å². The zero-order chi connectivity index (χ0) is 19.0. The van der Waals surface area contributed by atoms with Crippen LogP contribution in [0.15, 0.2) is 28.1 Å². The zero-order valence-electron chi connectivity index (χ0n) is 16.0. The van der Waals surface area contributed by atoms with E-state index in [0.717, 1.165) is 36.7 Å². The molecule has 7 heteroatoms. The summed E-state index contributed by atoms with van der Waals surface area (Å²) in [5, 5.41) is 6.53. The van der Waals surface area contributed by atoms with Crippen LogP contribution in [0.2, 0.25) is 0 Å². The largest absolute Gasteiger partial charge is 0.378 e. The van der Waals surface area contributed by atoms with Gasteiger partial charge in [-0.15, -0.1) is 0 Å². The molecule has 1 aromatic rings. The van der Waals surface area contributed by atoms with Gasteiger partial charge in [0.2, 0.25) is 0 Å². The van der Waals surface area contributed by atoms with Gasteiger partial charge in [0, 0.05) is 33.0 Å². The van der Waals surface area contributed by atoms with Crippen molar-refractivity contribution < 1.29 is 13.2 Å². The average molecular weight is 382 g/mol. The van der Waals surface area contributed by atoms with Crippen molar-refractivity contribution in [3.8, 4) is 0 Å². The van der Waals surface area contributed by atoms with Crippen molar-refractivity contribution in [3.05, 3.63) is 29.3 Å². The number of aliphatic imine (C=N–C) groups is 1. The minimum Gasteiger partial charge on any atom is -0.378 e. The van der Waals surface area contributed by atoms with Gasteiger partial charge < -0.3 is 15.4 Å². The highest BCUT2D eigenvalue weighted by molar-refractivity contribution is 7.90. The van der Waals surface area contributed by atoms with Gasteiger partial charge >= 0.3 is 0 Å². The number of sulfone groups is 1. The van der Waals surface area contributed by atoms with Gasteiger partial charge in [-0.05, 0) is 43.4 Å². The fourth-order valence-electron chi connectivity index (χ4n) is 3.23. The predicted molar refractivity (Wildman–Crippen MR) is 105 cm³/mol. The monoisotopic (exact) mass is 381 g/mol. The highest BCUT2D eigenvalue weighted by Gasteiger charge is 2.14. The molecule has 0 saturated heterocycles. The summed E-state index contributed by atoms with van der Waals surface area (Å²) >= 11 is 0. The molecule has 6 nitrogen and oxygen atoms in total. The van der Waals surface area contributed by atoms with E-state index < -0.39 is 9.84 Å². The molecule has 1 aliphatic carbocycles. The Morgan fingerprint density at radius 2 is 2.00 bits per heavy atom. The van der Waals surface area contributed by atoms with Gasteiger partial charge in [0.15, 0.2) is 15.8 Å². The van der Waals surface area contributed by atoms with E-state index in [4.69, 9.17) is 4.74 Å². The molecular formula is C19H31N3O3S. The minimum atomic E-state index is -3.18. The van der Waals surface area contributed by atoms with Gasteiger partial charge in [0.25, 0.3) is 0 Å². The standard InChI is InChI=1S/C19H31N3O3S/c1-15-13-16(9-10-18(15)26(3,23)24)14-22-19(20-2)21-11-6-12-25-17-7-4-5-8-17/h9-10,13,17H,4-8,11-12,14H2,1-3H3,(H2,20,21,22). The van der Waals surface area contributed by atoms with E-state index in [1.165, 1.54) is 31.9 Å². The molecule has 0 aliphatic heterocycles. The molecule has 0 spiro atoms. The lowest BCUT2D eigenvalue weighted by molar-refractivity contribution is 0.0574. The van der Waals surface area contributed by atoms with Crippen molar-refractivity contribution in [2.75, 3.05) is 26.5 Å². The molecule has 0 bridgehead atoms. The van der Waals surface area contributed by atoms with E-state index in [2.05, 4.69) is 15.6 Å². The van der Waals surface area contributed by atoms with Crippen molar-refractivity contribution in [2.45, 2.75) is 56.6 Å². The van der Waals surface area contributed by atoms with Crippen molar-refractivity contribution in [3.63, 3.8) is 0 Å². The number of nitrogens with one attached hydrogen (secondary N) is 2. The van der Waals surface area contributed by atoms with E-state index in [0.29, 0.717) is 17.5 Å². The second-order valence-corrected chi connectivity index (χ2v) is 8.84. The molecule has 0 heterocycles. The molecule has 0 unspecified atom stereocenters. The lowest BCUT2D eigenvalue weighted by Gasteiger charge is -2.14. The third-order valence-corrected chi connectivity index (χ3v) is 5.85. The zero-order valence-corrected chi connectivity index (χ0v) is 16.9. The van der Waals surface area contributed by atoms with Gasteiger partial charge in [-0.3, -0.25) is 4.99 Å². The Hall–Kier alpha value is -1.60. The second-order valence-electron chi connectivity index (χ2n) is 6.86. The number of aryl methyl sites for hydroxylation is 1. The van der Waals surface area contributed by atoms with Crippen LogP contribution in [0, 0.1) is 6.92 Å². The number of benzene rings is 1. The van der Waals surface area contributed by atoms with Gasteiger partial charge in [-0.1, -0.05) is 25.0 Å². The molecule has 26 heavy (non-hydrogen) atoms.